The number of aromatic nitrogens is 1. The molecule has 1 N–H and O–H groups in total. The Morgan fingerprint density at radius 3 is 2.86 bits per heavy atom. The second-order valence-electron chi connectivity index (χ2n) is 6.31. The summed E-state index contributed by atoms with van der Waals surface area (Å²) in [5.41, 5.74) is 0.142. The molecule has 0 bridgehead atoms. The summed E-state index contributed by atoms with van der Waals surface area (Å²) in [6.45, 7) is 4.32. The van der Waals surface area contributed by atoms with Crippen molar-refractivity contribution in [2.45, 2.75) is 30.9 Å². The SMILES string of the molecule is CCOC(=O)c1csc(NC(=O)C2CCCN(S(=O)(=O)c3ccc(C)s3)C2)n1. The molecule has 1 fully saturated rings. The highest BCUT2D eigenvalue weighted by Crippen LogP contribution is 2.29. The Morgan fingerprint density at radius 1 is 1.39 bits per heavy atom. The lowest BCUT2D eigenvalue weighted by Crippen LogP contribution is -2.43. The third-order valence-corrected chi connectivity index (χ3v) is 8.37. The lowest BCUT2D eigenvalue weighted by molar-refractivity contribution is -0.120. The minimum atomic E-state index is -3.60. The maximum absolute atomic E-state index is 12.8. The van der Waals surface area contributed by atoms with Crippen LogP contribution in [0.2, 0.25) is 0 Å². The molecule has 2 aromatic rings. The molecule has 3 rings (SSSR count). The number of piperidine rings is 1. The van der Waals surface area contributed by atoms with Crippen LogP contribution in [0.1, 0.15) is 35.1 Å². The van der Waals surface area contributed by atoms with Crippen molar-refractivity contribution < 1.29 is 22.7 Å². The van der Waals surface area contributed by atoms with Crippen LogP contribution in [0.5, 0.6) is 0 Å². The van der Waals surface area contributed by atoms with Crippen molar-refractivity contribution in [1.29, 1.82) is 0 Å². The predicted octanol–water partition coefficient (Wildman–Crippen LogP) is 2.73. The summed E-state index contributed by atoms with van der Waals surface area (Å²) in [5, 5.41) is 4.50. The van der Waals surface area contributed by atoms with E-state index in [9.17, 15) is 18.0 Å². The molecule has 0 radical (unpaired) electrons. The summed E-state index contributed by atoms with van der Waals surface area (Å²) in [6.07, 6.45) is 1.20. The van der Waals surface area contributed by atoms with Crippen LogP contribution in [0.25, 0.3) is 0 Å². The van der Waals surface area contributed by atoms with E-state index in [-0.39, 0.29) is 24.8 Å². The highest BCUT2D eigenvalue weighted by atomic mass is 32.2. The van der Waals surface area contributed by atoms with E-state index >= 15 is 0 Å². The van der Waals surface area contributed by atoms with Crippen molar-refractivity contribution in [2.24, 2.45) is 5.92 Å². The van der Waals surface area contributed by atoms with Gasteiger partial charge in [0.05, 0.1) is 12.5 Å². The second kappa shape index (κ2) is 8.68. The molecule has 3 heterocycles. The van der Waals surface area contributed by atoms with E-state index in [1.54, 1.807) is 19.1 Å². The largest absolute Gasteiger partial charge is 0.461 e. The second-order valence-corrected chi connectivity index (χ2v) is 10.6. The third kappa shape index (κ3) is 4.59. The van der Waals surface area contributed by atoms with Crippen molar-refractivity contribution in [3.63, 3.8) is 0 Å². The van der Waals surface area contributed by atoms with Crippen LogP contribution in [0.4, 0.5) is 5.13 Å². The number of sulfonamides is 1. The molecule has 1 atom stereocenters. The van der Waals surface area contributed by atoms with Crippen LogP contribution in [0.15, 0.2) is 21.7 Å². The first-order valence-electron chi connectivity index (χ1n) is 8.81. The Labute approximate surface area is 171 Å². The average molecular weight is 444 g/mol. The highest BCUT2D eigenvalue weighted by molar-refractivity contribution is 7.91. The molecule has 11 heteroatoms. The first-order valence-corrected chi connectivity index (χ1v) is 11.9. The van der Waals surface area contributed by atoms with Crippen LogP contribution in [-0.4, -0.2) is 49.3 Å². The number of anilines is 1. The van der Waals surface area contributed by atoms with Crippen molar-refractivity contribution in [1.82, 2.24) is 9.29 Å². The molecule has 1 saturated heterocycles. The number of nitrogens with one attached hydrogen (secondary N) is 1. The molecular weight excluding hydrogens is 422 g/mol. The topological polar surface area (TPSA) is 106 Å². The van der Waals surface area contributed by atoms with Crippen LogP contribution < -0.4 is 5.32 Å². The van der Waals surface area contributed by atoms with Crippen LogP contribution in [-0.2, 0) is 19.6 Å². The fraction of sp³-hybridized carbons (Fsp3) is 0.471. The van der Waals surface area contributed by atoms with Crippen LogP contribution in [0, 0.1) is 12.8 Å². The summed E-state index contributed by atoms with van der Waals surface area (Å²) < 4.78 is 32.2. The number of carbonyl (C=O) groups is 2. The number of thiophene rings is 1. The Bertz CT molecular complexity index is 966. The van der Waals surface area contributed by atoms with E-state index in [1.165, 1.54) is 21.0 Å². The number of carbonyl (C=O) groups excluding carboxylic acids is 2. The van der Waals surface area contributed by atoms with E-state index in [4.69, 9.17) is 4.74 Å². The van der Waals surface area contributed by atoms with Gasteiger partial charge in [-0.25, -0.2) is 18.2 Å². The Kier molecular flexibility index (Phi) is 6.48. The molecule has 1 amide bonds. The van der Waals surface area contributed by atoms with Gasteiger partial charge in [0.25, 0.3) is 10.0 Å². The van der Waals surface area contributed by atoms with Crippen molar-refractivity contribution in [3.8, 4) is 0 Å². The van der Waals surface area contributed by atoms with Gasteiger partial charge in [-0.1, -0.05) is 0 Å². The Morgan fingerprint density at radius 2 is 2.18 bits per heavy atom. The van der Waals surface area contributed by atoms with E-state index in [2.05, 4.69) is 10.3 Å². The van der Waals surface area contributed by atoms with Gasteiger partial charge in [-0.15, -0.1) is 22.7 Å². The first-order chi connectivity index (χ1) is 13.3. The number of thiazole rings is 1. The van der Waals surface area contributed by atoms with Gasteiger partial charge in [0.2, 0.25) is 5.91 Å². The Balaban J connectivity index is 1.65. The highest BCUT2D eigenvalue weighted by Gasteiger charge is 2.34. The summed E-state index contributed by atoms with van der Waals surface area (Å²) >= 11 is 2.36. The molecule has 1 aliphatic heterocycles. The summed E-state index contributed by atoms with van der Waals surface area (Å²) in [4.78, 5) is 29.3. The van der Waals surface area contributed by atoms with Gasteiger partial charge in [-0.2, -0.15) is 4.31 Å². The Hall–Kier alpha value is -1.82. The van der Waals surface area contributed by atoms with E-state index in [1.807, 2.05) is 6.92 Å². The van der Waals surface area contributed by atoms with Crippen molar-refractivity contribution in [3.05, 3.63) is 28.1 Å². The molecule has 0 aromatic carbocycles. The lowest BCUT2D eigenvalue weighted by Gasteiger charge is -2.30. The van der Waals surface area contributed by atoms with Gasteiger partial charge in [-0.3, -0.25) is 4.79 Å². The number of hydrogen-bond acceptors (Lipinski definition) is 8. The smallest absolute Gasteiger partial charge is 0.357 e. The molecule has 0 aliphatic carbocycles. The standard InChI is InChI=1S/C17H21N3O5S3/c1-3-25-16(22)13-10-26-17(18-13)19-15(21)12-5-4-8-20(9-12)28(23,24)14-7-6-11(2)27-14/h6-7,10,12H,3-5,8-9H2,1-2H3,(H,18,19,21). The number of esters is 1. The number of ether oxygens (including phenoxy) is 1. The third-order valence-electron chi connectivity index (χ3n) is 4.28. The zero-order valence-corrected chi connectivity index (χ0v) is 18.0. The lowest BCUT2D eigenvalue weighted by atomic mass is 9.99. The minimum Gasteiger partial charge on any atom is -0.461 e. The van der Waals surface area contributed by atoms with Crippen LogP contribution in [0.3, 0.4) is 0 Å². The molecule has 28 heavy (non-hydrogen) atoms. The number of rotatable bonds is 6. The quantitative estimate of drug-likeness (QED) is 0.688. The maximum Gasteiger partial charge on any atom is 0.357 e. The molecule has 8 nitrogen and oxygen atoms in total. The van der Waals surface area contributed by atoms with Gasteiger partial charge < -0.3 is 10.1 Å². The fourth-order valence-corrected chi connectivity index (χ4v) is 6.53. The first kappa shape index (κ1) is 20.9. The predicted molar refractivity (Wildman–Crippen MR) is 107 cm³/mol. The molecule has 1 unspecified atom stereocenters. The van der Waals surface area contributed by atoms with Gasteiger partial charge in [0.15, 0.2) is 10.8 Å². The van der Waals surface area contributed by atoms with Gasteiger partial charge in [-0.05, 0) is 38.8 Å². The van der Waals surface area contributed by atoms with E-state index < -0.39 is 21.9 Å². The van der Waals surface area contributed by atoms with Gasteiger partial charge in [0.1, 0.15) is 4.21 Å². The molecule has 0 saturated carbocycles. The number of amides is 1. The van der Waals surface area contributed by atoms with Crippen molar-refractivity contribution in [2.75, 3.05) is 25.0 Å². The number of nitrogens with zero attached hydrogens (tertiary/aromatic N) is 2. The summed E-state index contributed by atoms with van der Waals surface area (Å²) in [7, 11) is -3.60. The molecule has 2 aromatic heterocycles. The normalized spacial score (nSPS) is 18.0. The van der Waals surface area contributed by atoms with Gasteiger partial charge >= 0.3 is 5.97 Å². The summed E-state index contributed by atoms with van der Waals surface area (Å²) in [6, 6.07) is 3.38. The minimum absolute atomic E-state index is 0.126. The van der Waals surface area contributed by atoms with E-state index in [0.717, 1.165) is 16.2 Å². The zero-order chi connectivity index (χ0) is 20.3. The average Bonchev–Trinajstić information content (AvgIpc) is 3.31. The monoisotopic (exact) mass is 443 g/mol. The van der Waals surface area contributed by atoms with E-state index in [0.29, 0.717) is 28.7 Å². The van der Waals surface area contributed by atoms with Gasteiger partial charge in [0, 0.05) is 23.3 Å². The molecule has 152 valence electrons. The number of aryl methyl sites for hydroxylation is 1. The molecular formula is C17H21N3O5S3. The summed E-state index contributed by atoms with van der Waals surface area (Å²) in [5.74, 6) is -1.31. The zero-order valence-electron chi connectivity index (χ0n) is 15.5. The fourth-order valence-electron chi connectivity index (χ4n) is 2.89. The number of hydrogen-bond donors (Lipinski definition) is 1. The molecule has 0 spiro atoms. The van der Waals surface area contributed by atoms with Crippen LogP contribution >= 0.6 is 22.7 Å². The maximum atomic E-state index is 12.8. The molecule has 1 aliphatic rings. The van der Waals surface area contributed by atoms with Crippen molar-refractivity contribution >= 4 is 49.7 Å².